The first kappa shape index (κ1) is 11.7. The van der Waals surface area contributed by atoms with E-state index in [0.717, 1.165) is 0 Å². The lowest BCUT2D eigenvalue weighted by molar-refractivity contribution is -0.119. The zero-order valence-corrected chi connectivity index (χ0v) is 8.61. The molecule has 1 aromatic rings. The predicted molar refractivity (Wildman–Crippen MR) is 56.3 cm³/mol. The van der Waals surface area contributed by atoms with E-state index in [0.29, 0.717) is 5.56 Å². The van der Waals surface area contributed by atoms with Crippen LogP contribution in [0.5, 0.6) is 0 Å². The van der Waals surface area contributed by atoms with Crippen LogP contribution in [0.15, 0.2) is 30.3 Å². The summed E-state index contributed by atoms with van der Waals surface area (Å²) in [6, 6.07) is 7.47. The molecule has 1 rings (SSSR count). The van der Waals surface area contributed by atoms with E-state index in [1.807, 2.05) is 16.2 Å². The molecule has 0 saturated carbocycles. The average molecular weight is 221 g/mol. The van der Waals surface area contributed by atoms with Crippen molar-refractivity contribution in [1.82, 2.24) is 16.2 Å². The van der Waals surface area contributed by atoms with Crippen LogP contribution in [0.3, 0.4) is 0 Å². The lowest BCUT2D eigenvalue weighted by Gasteiger charge is -2.06. The van der Waals surface area contributed by atoms with Crippen molar-refractivity contribution in [1.29, 1.82) is 0 Å². The number of carbonyl (C=O) groups excluding carboxylic acids is 3. The van der Waals surface area contributed by atoms with Gasteiger partial charge in [0.05, 0.1) is 0 Å². The van der Waals surface area contributed by atoms with Gasteiger partial charge in [0.1, 0.15) is 0 Å². The molecule has 0 aliphatic rings. The largest absolute Gasteiger partial charge is 0.340 e. The van der Waals surface area contributed by atoms with Crippen LogP contribution < -0.4 is 16.2 Å². The summed E-state index contributed by atoms with van der Waals surface area (Å²) in [6.45, 7) is 1.24. The molecular weight excluding hydrogens is 210 g/mol. The van der Waals surface area contributed by atoms with Crippen molar-refractivity contribution in [3.8, 4) is 0 Å². The number of carbonyl (C=O) groups is 3. The number of amides is 4. The molecule has 0 atom stereocenters. The fourth-order valence-electron chi connectivity index (χ4n) is 0.941. The summed E-state index contributed by atoms with van der Waals surface area (Å²) in [5.41, 5.74) is 4.42. The SMILES string of the molecule is CC(=O)NNC(=O)NC(=O)c1ccccc1. The Balaban J connectivity index is 2.46. The van der Waals surface area contributed by atoms with Gasteiger partial charge in [0.2, 0.25) is 5.91 Å². The third-order valence-electron chi connectivity index (χ3n) is 1.62. The van der Waals surface area contributed by atoms with Crippen molar-refractivity contribution < 1.29 is 14.4 Å². The number of hydrazine groups is 1. The Hall–Kier alpha value is -2.37. The molecule has 84 valence electrons. The van der Waals surface area contributed by atoms with Crippen LogP contribution in [0, 0.1) is 0 Å². The summed E-state index contributed by atoms with van der Waals surface area (Å²) in [4.78, 5) is 33.0. The van der Waals surface area contributed by atoms with Gasteiger partial charge in [-0.1, -0.05) is 18.2 Å². The topological polar surface area (TPSA) is 87.3 Å². The van der Waals surface area contributed by atoms with Gasteiger partial charge in [-0.25, -0.2) is 10.2 Å². The van der Waals surface area contributed by atoms with E-state index in [1.54, 1.807) is 30.3 Å². The van der Waals surface area contributed by atoms with E-state index in [-0.39, 0.29) is 0 Å². The summed E-state index contributed by atoms with van der Waals surface area (Å²) in [7, 11) is 0. The second-order valence-corrected chi connectivity index (χ2v) is 2.96. The highest BCUT2D eigenvalue weighted by molar-refractivity contribution is 6.04. The molecule has 0 radical (unpaired) electrons. The fourth-order valence-corrected chi connectivity index (χ4v) is 0.941. The van der Waals surface area contributed by atoms with Gasteiger partial charge in [-0.3, -0.25) is 20.3 Å². The van der Waals surface area contributed by atoms with Crippen molar-refractivity contribution >= 4 is 17.8 Å². The van der Waals surface area contributed by atoms with Gasteiger partial charge >= 0.3 is 6.03 Å². The summed E-state index contributed by atoms with van der Waals surface area (Å²) in [5, 5.41) is 2.05. The van der Waals surface area contributed by atoms with Crippen LogP contribution in [-0.2, 0) is 4.79 Å². The zero-order valence-electron chi connectivity index (χ0n) is 8.61. The van der Waals surface area contributed by atoms with Gasteiger partial charge in [0.25, 0.3) is 5.91 Å². The summed E-state index contributed by atoms with van der Waals surface area (Å²) >= 11 is 0. The fraction of sp³-hybridized carbons (Fsp3) is 0.100. The van der Waals surface area contributed by atoms with Gasteiger partial charge < -0.3 is 0 Å². The van der Waals surface area contributed by atoms with Gasteiger partial charge in [-0.15, -0.1) is 0 Å². The monoisotopic (exact) mass is 221 g/mol. The van der Waals surface area contributed by atoms with Crippen molar-refractivity contribution in [2.45, 2.75) is 6.92 Å². The smallest absolute Gasteiger partial charge is 0.274 e. The Morgan fingerprint density at radius 3 is 2.19 bits per heavy atom. The van der Waals surface area contributed by atoms with Crippen molar-refractivity contribution in [2.75, 3.05) is 0 Å². The van der Waals surface area contributed by atoms with E-state index in [9.17, 15) is 14.4 Å². The van der Waals surface area contributed by atoms with E-state index in [4.69, 9.17) is 0 Å². The zero-order chi connectivity index (χ0) is 12.0. The van der Waals surface area contributed by atoms with Crippen molar-refractivity contribution in [2.24, 2.45) is 0 Å². The minimum atomic E-state index is -0.788. The first-order chi connectivity index (χ1) is 7.59. The molecule has 0 spiro atoms. The van der Waals surface area contributed by atoms with E-state index < -0.39 is 17.8 Å². The minimum Gasteiger partial charge on any atom is -0.274 e. The number of hydrogen-bond acceptors (Lipinski definition) is 3. The molecule has 0 aromatic heterocycles. The number of rotatable bonds is 1. The molecule has 0 aliphatic heterocycles. The highest BCUT2D eigenvalue weighted by atomic mass is 16.2. The number of nitrogens with one attached hydrogen (secondary N) is 3. The van der Waals surface area contributed by atoms with Crippen LogP contribution >= 0.6 is 0 Å². The molecule has 0 aliphatic carbocycles. The molecule has 1 aromatic carbocycles. The first-order valence-electron chi connectivity index (χ1n) is 4.52. The maximum atomic E-state index is 11.4. The Morgan fingerprint density at radius 1 is 1.00 bits per heavy atom. The van der Waals surface area contributed by atoms with Crippen molar-refractivity contribution in [3.05, 3.63) is 35.9 Å². The summed E-state index contributed by atoms with van der Waals surface area (Å²) < 4.78 is 0. The van der Waals surface area contributed by atoms with Gasteiger partial charge in [-0.05, 0) is 12.1 Å². The van der Waals surface area contributed by atoms with Gasteiger partial charge in [-0.2, -0.15) is 0 Å². The molecule has 0 saturated heterocycles. The molecule has 0 fully saturated rings. The summed E-state index contributed by atoms with van der Waals surface area (Å²) in [5.74, 6) is -0.967. The standard InChI is InChI=1S/C10H11N3O3/c1-7(14)12-13-10(16)11-9(15)8-5-3-2-4-6-8/h2-6H,1H3,(H,12,14)(H2,11,13,15,16). The lowest BCUT2D eigenvalue weighted by atomic mass is 10.2. The lowest BCUT2D eigenvalue weighted by Crippen LogP contribution is -2.47. The molecule has 0 bridgehead atoms. The molecule has 16 heavy (non-hydrogen) atoms. The third-order valence-corrected chi connectivity index (χ3v) is 1.62. The van der Waals surface area contributed by atoms with Crippen molar-refractivity contribution in [3.63, 3.8) is 0 Å². The Labute approximate surface area is 92.0 Å². The Kier molecular flexibility index (Phi) is 4.02. The highest BCUT2D eigenvalue weighted by Gasteiger charge is 2.08. The molecule has 3 N–H and O–H groups in total. The average Bonchev–Trinajstić information content (AvgIpc) is 2.27. The number of benzene rings is 1. The molecule has 6 nitrogen and oxygen atoms in total. The Morgan fingerprint density at radius 2 is 1.62 bits per heavy atom. The van der Waals surface area contributed by atoms with Crippen LogP contribution in [0.2, 0.25) is 0 Å². The summed E-state index contributed by atoms with van der Waals surface area (Å²) in [6.07, 6.45) is 0. The van der Waals surface area contributed by atoms with E-state index >= 15 is 0 Å². The van der Waals surface area contributed by atoms with E-state index in [2.05, 4.69) is 0 Å². The molecule has 4 amide bonds. The number of urea groups is 1. The second-order valence-electron chi connectivity index (χ2n) is 2.96. The maximum Gasteiger partial charge on any atom is 0.340 e. The Bertz CT molecular complexity index is 403. The molecule has 0 unspecified atom stereocenters. The first-order valence-corrected chi connectivity index (χ1v) is 4.52. The maximum absolute atomic E-state index is 11.4. The molecular formula is C10H11N3O3. The minimum absolute atomic E-state index is 0.362. The number of hydrogen-bond donors (Lipinski definition) is 3. The highest BCUT2D eigenvalue weighted by Crippen LogP contribution is 1.97. The van der Waals surface area contributed by atoms with Gasteiger partial charge in [0, 0.05) is 12.5 Å². The second kappa shape index (κ2) is 5.50. The van der Waals surface area contributed by atoms with Crippen LogP contribution in [-0.4, -0.2) is 17.8 Å². The molecule has 0 heterocycles. The number of imide groups is 1. The van der Waals surface area contributed by atoms with E-state index in [1.165, 1.54) is 6.92 Å². The quantitative estimate of drug-likeness (QED) is 0.591. The van der Waals surface area contributed by atoms with Gasteiger partial charge in [0.15, 0.2) is 0 Å². The molecule has 6 heteroatoms. The normalized spacial score (nSPS) is 9.06. The third kappa shape index (κ3) is 3.79. The van der Waals surface area contributed by atoms with Crippen LogP contribution in [0.1, 0.15) is 17.3 Å². The predicted octanol–water partition coefficient (Wildman–Crippen LogP) is 0.177. The van der Waals surface area contributed by atoms with Crippen LogP contribution in [0.25, 0.3) is 0 Å². The van der Waals surface area contributed by atoms with Crippen LogP contribution in [0.4, 0.5) is 4.79 Å².